The van der Waals surface area contributed by atoms with Gasteiger partial charge in [-0.15, -0.1) is 0 Å². The summed E-state index contributed by atoms with van der Waals surface area (Å²) in [4.78, 5) is 34.3. The van der Waals surface area contributed by atoms with Crippen LogP contribution >= 0.6 is 0 Å². The van der Waals surface area contributed by atoms with Crippen molar-refractivity contribution in [1.29, 1.82) is 0 Å². The second kappa shape index (κ2) is 7.92. The maximum Gasteiger partial charge on any atom is 0.303 e. The van der Waals surface area contributed by atoms with Gasteiger partial charge in [0.1, 0.15) is 6.04 Å². The highest BCUT2D eigenvalue weighted by Crippen LogP contribution is 2.20. The molecule has 0 radical (unpaired) electrons. The number of carboxylic acids is 1. The third kappa shape index (κ3) is 4.67. The molecule has 0 aliphatic rings. The number of carboxylic acid groups (broad SMARTS) is 1. The molecule has 1 atom stereocenters. The molecule has 0 fully saturated rings. The smallest absolute Gasteiger partial charge is 0.303 e. The molecule has 4 N–H and O–H groups in total. The molecule has 2 aromatic rings. The molecule has 0 spiro atoms. The summed E-state index contributed by atoms with van der Waals surface area (Å²) in [5.74, 6) is -2.28. The summed E-state index contributed by atoms with van der Waals surface area (Å²) >= 11 is 0. The highest BCUT2D eigenvalue weighted by molar-refractivity contribution is 5.98. The normalized spacial score (nSPS) is 11.5. The van der Waals surface area contributed by atoms with Gasteiger partial charge in [-0.1, -0.05) is 42.5 Å². The van der Waals surface area contributed by atoms with E-state index in [1.807, 2.05) is 36.4 Å². The van der Waals surface area contributed by atoms with Crippen molar-refractivity contribution in [2.45, 2.75) is 18.9 Å². The van der Waals surface area contributed by atoms with E-state index in [0.717, 1.165) is 11.1 Å². The Morgan fingerprint density at radius 3 is 2.29 bits per heavy atom. The maximum absolute atomic E-state index is 12.3. The van der Waals surface area contributed by atoms with E-state index >= 15 is 0 Å². The van der Waals surface area contributed by atoms with E-state index in [9.17, 15) is 14.4 Å². The number of primary amides is 1. The van der Waals surface area contributed by atoms with Gasteiger partial charge in [0.2, 0.25) is 5.91 Å². The van der Waals surface area contributed by atoms with E-state index in [1.165, 1.54) is 0 Å². The van der Waals surface area contributed by atoms with Crippen molar-refractivity contribution in [1.82, 2.24) is 5.32 Å². The minimum atomic E-state index is -1.05. The molecule has 0 heterocycles. The molecule has 124 valence electrons. The SMILES string of the molecule is NC(=O)[C@H](CCC(=O)O)NC(=O)c1cccc(-c2ccccc2)c1. The van der Waals surface area contributed by atoms with E-state index < -0.39 is 23.8 Å². The van der Waals surface area contributed by atoms with Crippen molar-refractivity contribution in [3.8, 4) is 11.1 Å². The molecule has 0 aromatic heterocycles. The lowest BCUT2D eigenvalue weighted by Crippen LogP contribution is -2.44. The molecule has 24 heavy (non-hydrogen) atoms. The highest BCUT2D eigenvalue weighted by Gasteiger charge is 2.20. The summed E-state index contributed by atoms with van der Waals surface area (Å²) in [6.07, 6.45) is -0.299. The van der Waals surface area contributed by atoms with E-state index in [-0.39, 0.29) is 12.8 Å². The summed E-state index contributed by atoms with van der Waals surface area (Å²) in [5.41, 5.74) is 7.42. The summed E-state index contributed by atoms with van der Waals surface area (Å²) in [6, 6.07) is 15.5. The van der Waals surface area contributed by atoms with Gasteiger partial charge in [0.15, 0.2) is 0 Å². The fourth-order valence-electron chi connectivity index (χ4n) is 2.27. The average molecular weight is 326 g/mol. The van der Waals surface area contributed by atoms with Gasteiger partial charge in [-0.2, -0.15) is 0 Å². The van der Waals surface area contributed by atoms with Gasteiger partial charge >= 0.3 is 5.97 Å². The summed E-state index contributed by atoms with van der Waals surface area (Å²) in [6.45, 7) is 0. The third-order valence-electron chi connectivity index (χ3n) is 3.53. The van der Waals surface area contributed by atoms with Crippen LogP contribution in [0.15, 0.2) is 54.6 Å². The summed E-state index contributed by atoms with van der Waals surface area (Å²) in [5, 5.41) is 11.2. The monoisotopic (exact) mass is 326 g/mol. The summed E-state index contributed by atoms with van der Waals surface area (Å²) < 4.78 is 0. The second-order valence-corrected chi connectivity index (χ2v) is 5.31. The first-order valence-corrected chi connectivity index (χ1v) is 7.45. The van der Waals surface area contributed by atoms with Gasteiger partial charge in [-0.05, 0) is 29.7 Å². The molecule has 0 aliphatic heterocycles. The lowest BCUT2D eigenvalue weighted by molar-refractivity contribution is -0.137. The number of carbonyl (C=O) groups excluding carboxylic acids is 2. The predicted octanol–water partition coefficient (Wildman–Crippen LogP) is 1.80. The van der Waals surface area contributed by atoms with E-state index in [2.05, 4.69) is 5.32 Å². The zero-order chi connectivity index (χ0) is 17.5. The number of nitrogens with two attached hydrogens (primary N) is 1. The third-order valence-corrected chi connectivity index (χ3v) is 3.53. The zero-order valence-electron chi connectivity index (χ0n) is 12.9. The molecule has 2 rings (SSSR count). The number of carbonyl (C=O) groups is 3. The Morgan fingerprint density at radius 1 is 1.00 bits per heavy atom. The van der Waals surface area contributed by atoms with Crippen LogP contribution in [0.1, 0.15) is 23.2 Å². The Hall–Kier alpha value is -3.15. The molecule has 0 bridgehead atoms. The maximum atomic E-state index is 12.3. The Kier molecular flexibility index (Phi) is 5.68. The van der Waals surface area contributed by atoms with Crippen LogP contribution in [0.4, 0.5) is 0 Å². The molecule has 0 saturated carbocycles. The Labute approximate surface area is 139 Å². The van der Waals surface area contributed by atoms with E-state index in [4.69, 9.17) is 10.8 Å². The number of benzene rings is 2. The molecule has 2 aromatic carbocycles. The molecular weight excluding hydrogens is 308 g/mol. The molecule has 0 unspecified atom stereocenters. The number of nitrogens with one attached hydrogen (secondary N) is 1. The number of hydrogen-bond donors (Lipinski definition) is 3. The first-order chi connectivity index (χ1) is 11.5. The number of amides is 2. The number of hydrogen-bond acceptors (Lipinski definition) is 3. The van der Waals surface area contributed by atoms with Crippen molar-refractivity contribution >= 4 is 17.8 Å². The topological polar surface area (TPSA) is 109 Å². The lowest BCUT2D eigenvalue weighted by atomic mass is 10.0. The van der Waals surface area contributed by atoms with E-state index in [1.54, 1.807) is 18.2 Å². The molecule has 6 nitrogen and oxygen atoms in total. The van der Waals surface area contributed by atoms with Crippen molar-refractivity contribution in [3.05, 3.63) is 60.2 Å². The van der Waals surface area contributed by atoms with E-state index in [0.29, 0.717) is 5.56 Å². The Balaban J connectivity index is 2.14. The van der Waals surface area contributed by atoms with Gasteiger partial charge in [-0.3, -0.25) is 14.4 Å². The van der Waals surface area contributed by atoms with Crippen molar-refractivity contribution in [2.75, 3.05) is 0 Å². The van der Waals surface area contributed by atoms with Crippen LogP contribution in [-0.4, -0.2) is 28.9 Å². The van der Waals surface area contributed by atoms with Crippen LogP contribution in [0.3, 0.4) is 0 Å². The Morgan fingerprint density at radius 2 is 1.67 bits per heavy atom. The van der Waals surface area contributed by atoms with Gasteiger partial charge in [-0.25, -0.2) is 0 Å². The standard InChI is InChI=1S/C18H18N2O4/c19-17(23)15(9-10-16(21)22)20-18(24)14-8-4-7-13(11-14)12-5-2-1-3-6-12/h1-8,11,15H,9-10H2,(H2,19,23)(H,20,24)(H,21,22)/t15-/m0/s1. The fourth-order valence-corrected chi connectivity index (χ4v) is 2.27. The van der Waals surface area contributed by atoms with Gasteiger partial charge < -0.3 is 16.2 Å². The van der Waals surface area contributed by atoms with Crippen molar-refractivity contribution < 1.29 is 19.5 Å². The van der Waals surface area contributed by atoms with Gasteiger partial charge in [0, 0.05) is 12.0 Å². The largest absolute Gasteiger partial charge is 0.481 e. The number of aliphatic carboxylic acids is 1. The lowest BCUT2D eigenvalue weighted by Gasteiger charge is -2.15. The minimum absolute atomic E-state index is 0.0468. The highest BCUT2D eigenvalue weighted by atomic mass is 16.4. The van der Waals surface area contributed by atoms with Crippen LogP contribution in [0, 0.1) is 0 Å². The van der Waals surface area contributed by atoms with Crippen LogP contribution in [0.5, 0.6) is 0 Å². The molecule has 6 heteroatoms. The van der Waals surface area contributed by atoms with Gasteiger partial charge in [0.25, 0.3) is 5.91 Å². The minimum Gasteiger partial charge on any atom is -0.481 e. The molecule has 0 aliphatic carbocycles. The van der Waals surface area contributed by atoms with Gasteiger partial charge in [0.05, 0.1) is 0 Å². The molecular formula is C18H18N2O4. The predicted molar refractivity (Wildman–Crippen MR) is 89.2 cm³/mol. The summed E-state index contributed by atoms with van der Waals surface area (Å²) in [7, 11) is 0. The quantitative estimate of drug-likeness (QED) is 0.720. The van der Waals surface area contributed by atoms with Crippen LogP contribution < -0.4 is 11.1 Å². The van der Waals surface area contributed by atoms with Crippen LogP contribution in [-0.2, 0) is 9.59 Å². The van der Waals surface area contributed by atoms with Crippen molar-refractivity contribution in [2.24, 2.45) is 5.73 Å². The fraction of sp³-hybridized carbons (Fsp3) is 0.167. The zero-order valence-corrected chi connectivity index (χ0v) is 12.9. The molecule has 2 amide bonds. The van der Waals surface area contributed by atoms with Crippen molar-refractivity contribution in [3.63, 3.8) is 0 Å². The Bertz CT molecular complexity index is 744. The molecule has 0 saturated heterocycles. The van der Waals surface area contributed by atoms with Crippen LogP contribution in [0.2, 0.25) is 0 Å². The van der Waals surface area contributed by atoms with Crippen LogP contribution in [0.25, 0.3) is 11.1 Å². The second-order valence-electron chi connectivity index (χ2n) is 5.31. The first kappa shape index (κ1) is 17.2. The average Bonchev–Trinajstić information content (AvgIpc) is 2.59. The number of rotatable bonds is 7. The first-order valence-electron chi connectivity index (χ1n) is 7.45.